The maximum atomic E-state index is 14.5. The Hall–Kier alpha value is -6.21. The van der Waals surface area contributed by atoms with Crippen LogP contribution >= 0.6 is 0 Å². The summed E-state index contributed by atoms with van der Waals surface area (Å²) >= 11 is 0. The molecule has 7 aromatic carbocycles. The summed E-state index contributed by atoms with van der Waals surface area (Å²) in [5, 5.41) is 6.69. The Morgan fingerprint density at radius 2 is 0.903 bits per heavy atom. The summed E-state index contributed by atoms with van der Waals surface area (Å²) in [5.41, 5.74) is 6.18. The van der Waals surface area contributed by atoms with Crippen molar-refractivity contribution in [2.45, 2.75) is 110 Å². The van der Waals surface area contributed by atoms with E-state index in [4.69, 9.17) is 0 Å². The normalized spacial score (nSPS) is 14.1. The maximum Gasteiger partial charge on any atom is 0.261 e. The third kappa shape index (κ3) is 7.25. The van der Waals surface area contributed by atoms with Crippen LogP contribution in [0, 0.1) is 0 Å². The topological polar surface area (TPSA) is 87.1 Å². The van der Waals surface area contributed by atoms with Gasteiger partial charge in [0, 0.05) is 51.8 Å². The van der Waals surface area contributed by atoms with Crippen LogP contribution in [0.25, 0.3) is 54.2 Å². The second kappa shape index (κ2) is 17.6. The van der Waals surface area contributed by atoms with Crippen LogP contribution in [-0.2, 0) is 6.54 Å². The first-order chi connectivity index (χ1) is 30.3. The molecule has 0 saturated heterocycles. The summed E-state index contributed by atoms with van der Waals surface area (Å²) in [5.74, 6) is -1.06. The zero-order chi connectivity index (χ0) is 42.9. The van der Waals surface area contributed by atoms with Crippen molar-refractivity contribution in [2.24, 2.45) is 4.99 Å². The molecule has 2 aliphatic heterocycles. The first-order valence-corrected chi connectivity index (χ1v) is 23.0. The lowest BCUT2D eigenvalue weighted by atomic mass is 9.82. The molecule has 0 radical (unpaired) electrons. The Morgan fingerprint density at radius 3 is 1.35 bits per heavy atom. The fourth-order valence-electron chi connectivity index (χ4n) is 9.99. The van der Waals surface area contributed by atoms with E-state index in [0.717, 1.165) is 138 Å². The highest BCUT2D eigenvalue weighted by molar-refractivity contribution is 6.41. The van der Waals surface area contributed by atoms with Crippen LogP contribution in [-0.4, -0.2) is 52.2 Å². The predicted molar refractivity (Wildman–Crippen MR) is 253 cm³/mol. The number of unbranched alkanes of at least 4 members (excludes halogenated alkanes) is 7. The number of carbonyl (C=O) groups excluding carboxylic acids is 4. The summed E-state index contributed by atoms with van der Waals surface area (Å²) in [6.45, 7) is 7.55. The third-order valence-corrected chi connectivity index (χ3v) is 13.3. The number of fused-ring (bicyclic) bond motifs is 2. The fraction of sp³-hybridized carbons (Fsp3) is 0.327. The minimum atomic E-state index is -0.322. The summed E-state index contributed by atoms with van der Waals surface area (Å²) in [6, 6.07) is 31.6. The van der Waals surface area contributed by atoms with E-state index in [1.165, 1.54) is 4.90 Å². The summed E-state index contributed by atoms with van der Waals surface area (Å²) in [4.78, 5) is 65.1. The van der Waals surface area contributed by atoms with Gasteiger partial charge >= 0.3 is 0 Å². The van der Waals surface area contributed by atoms with Crippen molar-refractivity contribution < 1.29 is 19.2 Å². The van der Waals surface area contributed by atoms with Crippen LogP contribution < -0.4 is 0 Å². The Balaban J connectivity index is 1.02. The van der Waals surface area contributed by atoms with Crippen molar-refractivity contribution in [1.29, 1.82) is 0 Å². The maximum absolute atomic E-state index is 14.5. The number of carbonyl (C=O) groups is 4. The Kier molecular flexibility index (Phi) is 11.7. The van der Waals surface area contributed by atoms with Crippen molar-refractivity contribution in [2.75, 3.05) is 6.54 Å². The molecule has 62 heavy (non-hydrogen) atoms. The van der Waals surface area contributed by atoms with E-state index in [0.29, 0.717) is 33.0 Å². The van der Waals surface area contributed by atoms with Crippen LogP contribution in [0.2, 0.25) is 0 Å². The van der Waals surface area contributed by atoms with E-state index >= 15 is 0 Å². The van der Waals surface area contributed by atoms with Gasteiger partial charge < -0.3 is 0 Å². The molecule has 0 unspecified atom stereocenters. The van der Waals surface area contributed by atoms with Crippen molar-refractivity contribution >= 4 is 72.9 Å². The number of benzene rings is 7. The molecule has 2 heterocycles. The average molecular weight is 822 g/mol. The van der Waals surface area contributed by atoms with Gasteiger partial charge in [-0.3, -0.25) is 34.0 Å². The Labute approximate surface area is 364 Å². The van der Waals surface area contributed by atoms with Crippen molar-refractivity contribution in [1.82, 2.24) is 9.80 Å². The smallest absolute Gasteiger partial charge is 0.261 e. The third-order valence-electron chi connectivity index (χ3n) is 13.3. The second-order valence-electron chi connectivity index (χ2n) is 17.4. The van der Waals surface area contributed by atoms with E-state index in [-0.39, 0.29) is 36.2 Å². The zero-order valence-electron chi connectivity index (χ0n) is 36.3. The van der Waals surface area contributed by atoms with Gasteiger partial charge in [-0.15, -0.1) is 0 Å². The van der Waals surface area contributed by atoms with Gasteiger partial charge in [-0.05, 0) is 98.1 Å². The highest BCUT2D eigenvalue weighted by Gasteiger charge is 2.39. The van der Waals surface area contributed by atoms with Crippen molar-refractivity contribution in [3.63, 3.8) is 0 Å². The largest absolute Gasteiger partial charge is 0.293 e. The number of rotatable bonds is 18. The molecule has 2 aliphatic rings. The van der Waals surface area contributed by atoms with Crippen LogP contribution in [0.3, 0.4) is 0 Å². The number of nitrogens with zero attached hydrogens (tertiary/aromatic N) is 3. The van der Waals surface area contributed by atoms with Gasteiger partial charge in [-0.1, -0.05) is 151 Å². The fourth-order valence-corrected chi connectivity index (χ4v) is 9.99. The molecule has 0 fully saturated rings. The highest BCUT2D eigenvalue weighted by Crippen LogP contribution is 2.47. The molecule has 0 aromatic heterocycles. The van der Waals surface area contributed by atoms with Crippen molar-refractivity contribution in [3.8, 4) is 11.1 Å². The van der Waals surface area contributed by atoms with Gasteiger partial charge in [0.2, 0.25) is 0 Å². The van der Waals surface area contributed by atoms with Gasteiger partial charge in [-0.25, -0.2) is 0 Å². The van der Waals surface area contributed by atoms with Gasteiger partial charge in [0.15, 0.2) is 0 Å². The van der Waals surface area contributed by atoms with E-state index < -0.39 is 0 Å². The number of hydrogen-bond acceptors (Lipinski definition) is 5. The number of amides is 4. The first-order valence-electron chi connectivity index (χ1n) is 23.0. The molecule has 314 valence electrons. The van der Waals surface area contributed by atoms with Gasteiger partial charge in [0.05, 0.1) is 6.54 Å². The van der Waals surface area contributed by atoms with Crippen LogP contribution in [0.1, 0.15) is 150 Å². The number of hydrogen-bond donors (Lipinski definition) is 0. The molecule has 7 heteroatoms. The van der Waals surface area contributed by atoms with E-state index in [2.05, 4.69) is 50.0 Å². The van der Waals surface area contributed by atoms with E-state index in [9.17, 15) is 19.2 Å². The average Bonchev–Trinajstić information content (AvgIpc) is 3.30. The standard InChI is InChI=1S/C55H55N3O4/c1-4-7-10-12-14-39(15-13-11-8-5-2)58-54(61)46-30-26-42-40-24-28-44-50-45(29-25-41(48(40)50)43-27-31-47(55(58)62)51(46)49(42)43)53(60)57(52(44)59)34-36-18-22-38(23-19-36)37-20-16-35(17-21-37)33-56-32-9-6-3/h16-31,33,39H,4-15,32,34H2,1-3H3. The molecule has 7 nitrogen and oxygen atoms in total. The lowest BCUT2D eigenvalue weighted by molar-refractivity contribution is 0.0514. The molecular formula is C55H55N3O4. The SMILES string of the molecule is CCCCCCC(CCCCCC)N1C(=O)c2ccc3c4ccc5c6c(ccc(c7ccc(c2c37)C1=O)c64)C(=O)N(Cc1ccc(-c2ccc(C=NCCCC)cc2)cc1)C5=O. The van der Waals surface area contributed by atoms with Crippen LogP contribution in [0.5, 0.6) is 0 Å². The Morgan fingerprint density at radius 1 is 0.468 bits per heavy atom. The predicted octanol–water partition coefficient (Wildman–Crippen LogP) is 13.3. The zero-order valence-corrected chi connectivity index (χ0v) is 36.3. The summed E-state index contributed by atoms with van der Waals surface area (Å²) in [6.07, 6.45) is 14.5. The lowest BCUT2D eigenvalue weighted by Crippen LogP contribution is -2.47. The molecule has 7 aromatic rings. The molecule has 9 rings (SSSR count). The molecule has 0 bridgehead atoms. The highest BCUT2D eigenvalue weighted by atomic mass is 16.2. The Bertz CT molecular complexity index is 2740. The number of imide groups is 2. The minimum Gasteiger partial charge on any atom is -0.293 e. The van der Waals surface area contributed by atoms with E-state index in [1.807, 2.05) is 79.0 Å². The molecular weight excluding hydrogens is 767 g/mol. The van der Waals surface area contributed by atoms with Gasteiger partial charge in [-0.2, -0.15) is 0 Å². The summed E-state index contributed by atoms with van der Waals surface area (Å²) in [7, 11) is 0. The molecule has 0 atom stereocenters. The first kappa shape index (κ1) is 41.2. The van der Waals surface area contributed by atoms with E-state index in [1.54, 1.807) is 4.90 Å². The second-order valence-corrected chi connectivity index (χ2v) is 17.4. The van der Waals surface area contributed by atoms with Crippen LogP contribution in [0.15, 0.2) is 102 Å². The number of aliphatic imine (C=N–C) groups is 1. The molecule has 0 aliphatic carbocycles. The molecule has 0 spiro atoms. The quantitative estimate of drug-likeness (QED) is 0.0284. The molecule has 0 N–H and O–H groups in total. The van der Waals surface area contributed by atoms with Crippen LogP contribution in [0.4, 0.5) is 0 Å². The minimum absolute atomic E-state index is 0.131. The van der Waals surface area contributed by atoms with Gasteiger partial charge in [0.1, 0.15) is 0 Å². The molecule has 0 saturated carbocycles. The lowest BCUT2D eigenvalue weighted by Gasteiger charge is -2.35. The summed E-state index contributed by atoms with van der Waals surface area (Å²) < 4.78 is 0. The van der Waals surface area contributed by atoms with Crippen molar-refractivity contribution in [3.05, 3.63) is 130 Å². The van der Waals surface area contributed by atoms with Gasteiger partial charge in [0.25, 0.3) is 23.6 Å². The molecule has 4 amide bonds. The monoisotopic (exact) mass is 821 g/mol.